The molecule has 1 atom stereocenters. The number of nitrogens with one attached hydrogen (secondary N) is 1. The molecule has 108 valence electrons. The number of hydrogen-bond acceptors (Lipinski definition) is 5. The van der Waals surface area contributed by atoms with Gasteiger partial charge < -0.3 is 0 Å². The summed E-state index contributed by atoms with van der Waals surface area (Å²) in [6, 6.07) is 14.4. The van der Waals surface area contributed by atoms with Crippen LogP contribution < -0.4 is 11.3 Å². The monoisotopic (exact) mass is 298 g/mol. The number of fused-ring (bicyclic) bond motifs is 1. The highest BCUT2D eigenvalue weighted by atomic mass is 32.1. The van der Waals surface area contributed by atoms with Crippen LogP contribution in [-0.4, -0.2) is 16.0 Å². The van der Waals surface area contributed by atoms with Crippen LogP contribution in [0.2, 0.25) is 0 Å². The summed E-state index contributed by atoms with van der Waals surface area (Å²) in [5.74, 6) is 5.69. The van der Waals surface area contributed by atoms with Gasteiger partial charge in [-0.15, -0.1) is 11.3 Å². The molecule has 0 spiro atoms. The molecule has 21 heavy (non-hydrogen) atoms. The molecule has 3 rings (SSSR count). The Kier molecular flexibility index (Phi) is 4.55. The lowest BCUT2D eigenvalue weighted by molar-refractivity contribution is 0.488. The van der Waals surface area contributed by atoms with Crippen LogP contribution in [0, 0.1) is 0 Å². The Bertz CT molecular complexity index is 663. The van der Waals surface area contributed by atoms with E-state index in [1.165, 1.54) is 4.70 Å². The number of hydrazine groups is 1. The van der Waals surface area contributed by atoms with Gasteiger partial charge in [-0.25, -0.2) is 4.98 Å². The largest absolute Gasteiger partial charge is 0.271 e. The fourth-order valence-corrected chi connectivity index (χ4v) is 3.38. The molecule has 0 fully saturated rings. The van der Waals surface area contributed by atoms with Gasteiger partial charge in [-0.1, -0.05) is 18.2 Å². The first-order valence-electron chi connectivity index (χ1n) is 7.05. The van der Waals surface area contributed by atoms with Gasteiger partial charge in [0.05, 0.1) is 15.2 Å². The van der Waals surface area contributed by atoms with Crippen LogP contribution >= 0.6 is 11.3 Å². The highest BCUT2D eigenvalue weighted by Crippen LogP contribution is 2.23. The third-order valence-corrected chi connectivity index (χ3v) is 4.53. The molecule has 2 aromatic heterocycles. The maximum Gasteiger partial charge on any atom is 0.0954 e. The van der Waals surface area contributed by atoms with Gasteiger partial charge >= 0.3 is 0 Å². The molecule has 0 radical (unpaired) electrons. The lowest BCUT2D eigenvalue weighted by atomic mass is 10.1. The lowest BCUT2D eigenvalue weighted by Crippen LogP contribution is -2.37. The van der Waals surface area contributed by atoms with Gasteiger partial charge in [-0.2, -0.15) is 0 Å². The second-order valence-electron chi connectivity index (χ2n) is 5.00. The highest BCUT2D eigenvalue weighted by molar-refractivity contribution is 7.18. The zero-order valence-electron chi connectivity index (χ0n) is 11.7. The quantitative estimate of drug-likeness (QED) is 0.542. The maximum atomic E-state index is 5.69. The fraction of sp³-hybridized carbons (Fsp3) is 0.250. The van der Waals surface area contributed by atoms with Gasteiger partial charge in [0.15, 0.2) is 0 Å². The number of aromatic nitrogens is 2. The summed E-state index contributed by atoms with van der Waals surface area (Å²) < 4.78 is 1.23. The molecule has 1 unspecified atom stereocenters. The first-order valence-corrected chi connectivity index (χ1v) is 7.87. The number of benzene rings is 1. The molecule has 0 saturated carbocycles. The first kappa shape index (κ1) is 14.1. The Morgan fingerprint density at radius 3 is 2.76 bits per heavy atom. The molecule has 0 aliphatic heterocycles. The van der Waals surface area contributed by atoms with Gasteiger partial charge in [0.2, 0.25) is 0 Å². The van der Waals surface area contributed by atoms with E-state index in [0.717, 1.165) is 35.5 Å². The standard InChI is InChI=1S/C16H18N4S/c17-20-13(9-8-12-5-3-4-10-18-12)11-16-19-14-6-1-2-7-15(14)21-16/h1-7,10,13,20H,8-9,11,17H2. The van der Waals surface area contributed by atoms with Gasteiger partial charge in [-0.3, -0.25) is 16.3 Å². The Morgan fingerprint density at radius 1 is 1.14 bits per heavy atom. The van der Waals surface area contributed by atoms with E-state index in [-0.39, 0.29) is 6.04 Å². The smallest absolute Gasteiger partial charge is 0.0954 e. The van der Waals surface area contributed by atoms with Crippen LogP contribution in [0.4, 0.5) is 0 Å². The summed E-state index contributed by atoms with van der Waals surface area (Å²) in [7, 11) is 0. The van der Waals surface area contributed by atoms with E-state index >= 15 is 0 Å². The van der Waals surface area contributed by atoms with Crippen molar-refractivity contribution in [2.24, 2.45) is 5.84 Å². The Hall–Kier alpha value is -1.82. The number of para-hydroxylation sites is 1. The second kappa shape index (κ2) is 6.76. The van der Waals surface area contributed by atoms with E-state index in [2.05, 4.69) is 21.5 Å². The van der Waals surface area contributed by atoms with Crippen molar-refractivity contribution in [1.29, 1.82) is 0 Å². The summed E-state index contributed by atoms with van der Waals surface area (Å²) in [6.07, 6.45) is 4.54. The minimum absolute atomic E-state index is 0.215. The van der Waals surface area contributed by atoms with Crippen LogP contribution in [0.25, 0.3) is 10.2 Å². The molecule has 0 aliphatic rings. The van der Waals surface area contributed by atoms with Crippen molar-refractivity contribution in [3.05, 3.63) is 59.4 Å². The molecule has 2 heterocycles. The third kappa shape index (κ3) is 3.64. The summed E-state index contributed by atoms with van der Waals surface area (Å²) in [4.78, 5) is 9.01. The minimum Gasteiger partial charge on any atom is -0.271 e. The van der Waals surface area contributed by atoms with Gasteiger partial charge in [0.25, 0.3) is 0 Å². The van der Waals surface area contributed by atoms with Crippen molar-refractivity contribution >= 4 is 21.6 Å². The number of nitrogens with two attached hydrogens (primary N) is 1. The average molecular weight is 298 g/mol. The van der Waals surface area contributed by atoms with Crippen LogP contribution in [-0.2, 0) is 12.8 Å². The van der Waals surface area contributed by atoms with Crippen molar-refractivity contribution in [1.82, 2.24) is 15.4 Å². The molecular formula is C16H18N4S. The van der Waals surface area contributed by atoms with Gasteiger partial charge in [-0.05, 0) is 37.1 Å². The van der Waals surface area contributed by atoms with Crippen molar-refractivity contribution < 1.29 is 0 Å². The number of rotatable bonds is 6. The van der Waals surface area contributed by atoms with E-state index in [1.807, 2.05) is 42.6 Å². The normalized spacial score (nSPS) is 12.6. The van der Waals surface area contributed by atoms with Crippen molar-refractivity contribution in [2.75, 3.05) is 0 Å². The van der Waals surface area contributed by atoms with Gasteiger partial charge in [0, 0.05) is 24.4 Å². The molecule has 1 aromatic carbocycles. The topological polar surface area (TPSA) is 63.8 Å². The van der Waals surface area contributed by atoms with E-state index in [9.17, 15) is 0 Å². The summed E-state index contributed by atoms with van der Waals surface area (Å²) in [6.45, 7) is 0. The van der Waals surface area contributed by atoms with Crippen LogP contribution in [0.15, 0.2) is 48.7 Å². The zero-order chi connectivity index (χ0) is 14.5. The maximum absolute atomic E-state index is 5.69. The molecule has 0 saturated heterocycles. The lowest BCUT2D eigenvalue weighted by Gasteiger charge is -2.13. The zero-order valence-corrected chi connectivity index (χ0v) is 12.5. The van der Waals surface area contributed by atoms with Gasteiger partial charge in [0.1, 0.15) is 0 Å². The van der Waals surface area contributed by atoms with Crippen LogP contribution in [0.5, 0.6) is 0 Å². The molecule has 0 amide bonds. The first-order chi connectivity index (χ1) is 10.3. The Labute approximate surface area is 128 Å². The average Bonchev–Trinajstić information content (AvgIpc) is 2.94. The number of hydrogen-bond donors (Lipinski definition) is 2. The van der Waals surface area contributed by atoms with Crippen molar-refractivity contribution in [3.8, 4) is 0 Å². The van der Waals surface area contributed by atoms with Crippen molar-refractivity contribution in [2.45, 2.75) is 25.3 Å². The predicted molar refractivity (Wildman–Crippen MR) is 87.0 cm³/mol. The predicted octanol–water partition coefficient (Wildman–Crippen LogP) is 2.70. The fourth-order valence-electron chi connectivity index (χ4n) is 2.33. The molecule has 3 N–H and O–H groups in total. The van der Waals surface area contributed by atoms with E-state index in [1.54, 1.807) is 11.3 Å². The van der Waals surface area contributed by atoms with E-state index in [0.29, 0.717) is 0 Å². The molecule has 4 nitrogen and oxygen atoms in total. The molecule has 3 aromatic rings. The number of pyridine rings is 1. The second-order valence-corrected chi connectivity index (χ2v) is 6.12. The van der Waals surface area contributed by atoms with E-state index < -0.39 is 0 Å². The minimum atomic E-state index is 0.215. The number of aryl methyl sites for hydroxylation is 1. The molecular weight excluding hydrogens is 280 g/mol. The molecule has 5 heteroatoms. The Morgan fingerprint density at radius 2 is 2.00 bits per heavy atom. The highest BCUT2D eigenvalue weighted by Gasteiger charge is 2.12. The summed E-state index contributed by atoms with van der Waals surface area (Å²) in [5, 5.41) is 1.13. The third-order valence-electron chi connectivity index (χ3n) is 3.47. The van der Waals surface area contributed by atoms with E-state index in [4.69, 9.17) is 5.84 Å². The number of thiazole rings is 1. The van der Waals surface area contributed by atoms with Crippen molar-refractivity contribution in [3.63, 3.8) is 0 Å². The van der Waals surface area contributed by atoms with Crippen LogP contribution in [0.3, 0.4) is 0 Å². The molecule has 0 aliphatic carbocycles. The summed E-state index contributed by atoms with van der Waals surface area (Å²) in [5.41, 5.74) is 5.07. The number of nitrogens with zero attached hydrogens (tertiary/aromatic N) is 2. The van der Waals surface area contributed by atoms with Crippen LogP contribution in [0.1, 0.15) is 17.1 Å². The SMILES string of the molecule is NNC(CCc1ccccn1)Cc1nc2ccccc2s1. The molecule has 0 bridgehead atoms. The Balaban J connectivity index is 1.63. The summed E-state index contributed by atoms with van der Waals surface area (Å²) >= 11 is 1.74.